The topological polar surface area (TPSA) is 84.2 Å². The first-order valence-corrected chi connectivity index (χ1v) is 8.72. The number of aliphatic carboxylic acids is 1. The fourth-order valence-electron chi connectivity index (χ4n) is 2.83. The van der Waals surface area contributed by atoms with E-state index < -0.39 is 12.6 Å². The third-order valence-electron chi connectivity index (χ3n) is 4.24. The van der Waals surface area contributed by atoms with Crippen molar-refractivity contribution < 1.29 is 19.4 Å². The van der Waals surface area contributed by atoms with Gasteiger partial charge >= 0.3 is 0 Å². The number of nitrogens with zero attached hydrogens (tertiary/aromatic N) is 2. The molecule has 0 amide bonds. The highest BCUT2D eigenvalue weighted by molar-refractivity contribution is 6.07. The highest BCUT2D eigenvalue weighted by Gasteiger charge is 2.11. The van der Waals surface area contributed by atoms with E-state index in [4.69, 9.17) is 4.74 Å². The Balaban J connectivity index is 1.76. The number of hydrogen-bond donors (Lipinski definition) is 0. The molecular formula is C22H19N2O4-. The Bertz CT molecular complexity index is 1020. The standard InChI is InChI=1S/C22H20N2O4/c1-15-20(16(2)24(23-15)18-6-4-3-5-7-18)12-13-21(25)17-8-10-19(11-9-17)28-14-22(26)27/h3-13H,14H2,1-2H3,(H,26,27)/p-1/b13-12+. The lowest BCUT2D eigenvalue weighted by Gasteiger charge is -2.06. The number of hydrogen-bond acceptors (Lipinski definition) is 5. The molecule has 1 heterocycles. The van der Waals surface area contributed by atoms with Crippen molar-refractivity contribution in [3.05, 3.63) is 83.2 Å². The molecule has 0 saturated carbocycles. The first kappa shape index (κ1) is 19.1. The van der Waals surface area contributed by atoms with Crippen molar-refractivity contribution in [2.45, 2.75) is 13.8 Å². The summed E-state index contributed by atoms with van der Waals surface area (Å²) >= 11 is 0. The predicted octanol–water partition coefficient (Wildman–Crippen LogP) is 2.51. The van der Waals surface area contributed by atoms with Crippen LogP contribution < -0.4 is 9.84 Å². The number of carbonyl (C=O) groups is 2. The maximum absolute atomic E-state index is 12.4. The summed E-state index contributed by atoms with van der Waals surface area (Å²) in [6.45, 7) is 3.33. The Labute approximate surface area is 162 Å². The van der Waals surface area contributed by atoms with Crippen LogP contribution in [0.2, 0.25) is 0 Å². The van der Waals surface area contributed by atoms with Gasteiger partial charge < -0.3 is 14.6 Å². The molecule has 0 saturated heterocycles. The van der Waals surface area contributed by atoms with E-state index in [9.17, 15) is 14.7 Å². The van der Waals surface area contributed by atoms with Gasteiger partial charge in [0.2, 0.25) is 0 Å². The quantitative estimate of drug-likeness (QED) is 0.468. The van der Waals surface area contributed by atoms with Crippen LogP contribution >= 0.6 is 0 Å². The molecule has 6 nitrogen and oxygen atoms in total. The van der Waals surface area contributed by atoms with E-state index in [1.807, 2.05) is 48.9 Å². The minimum atomic E-state index is -1.30. The monoisotopic (exact) mass is 375 g/mol. The van der Waals surface area contributed by atoms with E-state index >= 15 is 0 Å². The van der Waals surface area contributed by atoms with Crippen LogP contribution in [0.1, 0.15) is 27.3 Å². The van der Waals surface area contributed by atoms with Gasteiger partial charge in [0.1, 0.15) is 12.4 Å². The molecule has 2 aromatic carbocycles. The second-order valence-electron chi connectivity index (χ2n) is 6.21. The summed E-state index contributed by atoms with van der Waals surface area (Å²) in [5.74, 6) is -1.11. The number of benzene rings is 2. The second kappa shape index (κ2) is 8.35. The van der Waals surface area contributed by atoms with Gasteiger partial charge in [-0.3, -0.25) is 4.79 Å². The van der Waals surface area contributed by atoms with Gasteiger partial charge in [0.15, 0.2) is 5.78 Å². The number of aryl methyl sites for hydroxylation is 1. The van der Waals surface area contributed by atoms with Crippen molar-refractivity contribution in [1.29, 1.82) is 0 Å². The fraction of sp³-hybridized carbons (Fsp3) is 0.136. The molecule has 0 fully saturated rings. The highest BCUT2D eigenvalue weighted by Crippen LogP contribution is 2.20. The van der Waals surface area contributed by atoms with Gasteiger partial charge in [0.05, 0.1) is 17.4 Å². The fourth-order valence-corrected chi connectivity index (χ4v) is 2.83. The number of para-hydroxylation sites is 1. The third-order valence-corrected chi connectivity index (χ3v) is 4.24. The molecular weight excluding hydrogens is 356 g/mol. The summed E-state index contributed by atoms with van der Waals surface area (Å²) in [4.78, 5) is 22.8. The number of carboxylic acids is 1. The predicted molar refractivity (Wildman–Crippen MR) is 103 cm³/mol. The Morgan fingerprint density at radius 3 is 2.39 bits per heavy atom. The van der Waals surface area contributed by atoms with Crippen LogP contribution in [0.15, 0.2) is 60.7 Å². The summed E-state index contributed by atoms with van der Waals surface area (Å²) in [5.41, 5.74) is 4.10. The van der Waals surface area contributed by atoms with Gasteiger partial charge in [-0.1, -0.05) is 18.2 Å². The van der Waals surface area contributed by atoms with E-state index in [0.717, 1.165) is 22.6 Å². The zero-order valence-corrected chi connectivity index (χ0v) is 15.6. The SMILES string of the molecule is Cc1nn(-c2ccccc2)c(C)c1/C=C/C(=O)c1ccc(OCC(=O)[O-])cc1. The molecule has 3 rings (SSSR count). The number of rotatable bonds is 7. The molecule has 0 unspecified atom stereocenters. The zero-order valence-electron chi connectivity index (χ0n) is 15.6. The smallest absolute Gasteiger partial charge is 0.185 e. The molecule has 1 aromatic heterocycles. The molecule has 0 atom stereocenters. The molecule has 0 radical (unpaired) electrons. The van der Waals surface area contributed by atoms with Crippen molar-refractivity contribution in [1.82, 2.24) is 9.78 Å². The molecule has 3 aromatic rings. The first-order chi connectivity index (χ1) is 13.5. The van der Waals surface area contributed by atoms with Crippen LogP contribution in [0.3, 0.4) is 0 Å². The van der Waals surface area contributed by atoms with Crippen LogP contribution in [0.25, 0.3) is 11.8 Å². The summed E-state index contributed by atoms with van der Waals surface area (Å²) in [6, 6.07) is 16.1. The number of ether oxygens (including phenoxy) is 1. The summed E-state index contributed by atoms with van der Waals surface area (Å²) in [5, 5.41) is 15.0. The van der Waals surface area contributed by atoms with E-state index in [1.165, 1.54) is 6.08 Å². The molecule has 0 aliphatic heterocycles. The van der Waals surface area contributed by atoms with Crippen molar-refractivity contribution >= 4 is 17.8 Å². The molecule has 0 bridgehead atoms. The van der Waals surface area contributed by atoms with Crippen molar-refractivity contribution in [2.24, 2.45) is 0 Å². The molecule has 0 aliphatic carbocycles. The second-order valence-corrected chi connectivity index (χ2v) is 6.21. The maximum Gasteiger partial charge on any atom is 0.185 e. The molecule has 28 heavy (non-hydrogen) atoms. The number of ketones is 1. The van der Waals surface area contributed by atoms with E-state index in [-0.39, 0.29) is 5.78 Å². The maximum atomic E-state index is 12.4. The minimum absolute atomic E-state index is 0.169. The van der Waals surface area contributed by atoms with E-state index in [2.05, 4.69) is 5.10 Å². The largest absolute Gasteiger partial charge is 0.546 e. The minimum Gasteiger partial charge on any atom is -0.546 e. The lowest BCUT2D eigenvalue weighted by molar-refractivity contribution is -0.307. The number of allylic oxidation sites excluding steroid dienone is 1. The molecule has 0 N–H and O–H groups in total. The molecule has 142 valence electrons. The highest BCUT2D eigenvalue weighted by atomic mass is 16.5. The van der Waals surface area contributed by atoms with Gasteiger partial charge in [0, 0.05) is 16.8 Å². The Kier molecular flexibility index (Phi) is 5.69. The van der Waals surface area contributed by atoms with Gasteiger partial charge in [-0.05, 0) is 62.4 Å². The van der Waals surface area contributed by atoms with Gasteiger partial charge in [0.25, 0.3) is 0 Å². The van der Waals surface area contributed by atoms with Crippen LogP contribution in [0.5, 0.6) is 5.75 Å². The number of carbonyl (C=O) groups excluding carboxylic acids is 2. The summed E-state index contributed by atoms with van der Waals surface area (Å²) in [6.07, 6.45) is 3.27. The Morgan fingerprint density at radius 1 is 1.07 bits per heavy atom. The average Bonchev–Trinajstić information content (AvgIpc) is 2.99. The third kappa shape index (κ3) is 4.35. The molecule has 6 heteroatoms. The van der Waals surface area contributed by atoms with Gasteiger partial charge in [-0.15, -0.1) is 0 Å². The van der Waals surface area contributed by atoms with E-state index in [0.29, 0.717) is 11.3 Å². The van der Waals surface area contributed by atoms with Crippen molar-refractivity contribution in [3.63, 3.8) is 0 Å². The van der Waals surface area contributed by atoms with E-state index in [1.54, 1.807) is 30.3 Å². The zero-order chi connectivity index (χ0) is 20.1. The summed E-state index contributed by atoms with van der Waals surface area (Å²) in [7, 11) is 0. The number of aromatic nitrogens is 2. The molecule has 0 aliphatic rings. The Hall–Kier alpha value is -3.67. The van der Waals surface area contributed by atoms with Gasteiger partial charge in [-0.2, -0.15) is 5.10 Å². The van der Waals surface area contributed by atoms with Crippen LogP contribution in [0.4, 0.5) is 0 Å². The van der Waals surface area contributed by atoms with Gasteiger partial charge in [-0.25, -0.2) is 4.68 Å². The van der Waals surface area contributed by atoms with Crippen LogP contribution in [0, 0.1) is 13.8 Å². The van der Waals surface area contributed by atoms with Crippen molar-refractivity contribution in [3.8, 4) is 11.4 Å². The molecule has 0 spiro atoms. The van der Waals surface area contributed by atoms with Crippen LogP contribution in [-0.4, -0.2) is 28.1 Å². The summed E-state index contributed by atoms with van der Waals surface area (Å²) < 4.78 is 6.86. The van der Waals surface area contributed by atoms with Crippen molar-refractivity contribution in [2.75, 3.05) is 6.61 Å². The van der Waals surface area contributed by atoms with Crippen LogP contribution in [-0.2, 0) is 4.79 Å². The lowest BCUT2D eigenvalue weighted by Crippen LogP contribution is -2.28. The lowest BCUT2D eigenvalue weighted by atomic mass is 10.1. The Morgan fingerprint density at radius 2 is 1.75 bits per heavy atom. The first-order valence-electron chi connectivity index (χ1n) is 8.72. The normalized spacial score (nSPS) is 10.9. The number of carboxylic acid groups (broad SMARTS) is 1. The average molecular weight is 375 g/mol.